The Hall–Kier alpha value is -0.740. The Morgan fingerprint density at radius 3 is 3.06 bits per heavy atom. The lowest BCUT2D eigenvalue weighted by Crippen LogP contribution is -2.35. The van der Waals surface area contributed by atoms with E-state index in [0.717, 1.165) is 28.9 Å². The van der Waals surface area contributed by atoms with E-state index in [9.17, 15) is 0 Å². The molecular weight excluding hydrogens is 282 g/mol. The summed E-state index contributed by atoms with van der Waals surface area (Å²) in [7, 11) is 0. The van der Waals surface area contributed by atoms with Crippen molar-refractivity contribution in [1.29, 1.82) is 0 Å². The van der Waals surface area contributed by atoms with Crippen LogP contribution in [0.5, 0.6) is 11.5 Å². The van der Waals surface area contributed by atoms with Crippen LogP contribution in [0.3, 0.4) is 0 Å². The zero-order chi connectivity index (χ0) is 11.7. The smallest absolute Gasteiger partial charge is 0.231 e. The van der Waals surface area contributed by atoms with Gasteiger partial charge in [0.25, 0.3) is 0 Å². The van der Waals surface area contributed by atoms with Gasteiger partial charge >= 0.3 is 0 Å². The maximum Gasteiger partial charge on any atom is 0.231 e. The highest BCUT2D eigenvalue weighted by Gasteiger charge is 2.23. The van der Waals surface area contributed by atoms with E-state index in [-0.39, 0.29) is 0 Å². The minimum atomic E-state index is 0.344. The van der Waals surface area contributed by atoms with Crippen molar-refractivity contribution in [3.8, 4) is 11.5 Å². The Balaban J connectivity index is 1.84. The first kappa shape index (κ1) is 11.4. The fraction of sp³-hybridized carbons (Fsp3) is 0.538. The van der Waals surface area contributed by atoms with Crippen LogP contribution in [0.15, 0.2) is 16.6 Å². The minimum Gasteiger partial charge on any atom is -0.454 e. The molecule has 1 atom stereocenters. The molecule has 3 rings (SSSR count). The Kier molecular flexibility index (Phi) is 3.25. The lowest BCUT2D eigenvalue weighted by molar-refractivity contribution is 0.173. The average Bonchev–Trinajstić information content (AvgIpc) is 2.83. The van der Waals surface area contributed by atoms with Crippen LogP contribution in [0.1, 0.15) is 24.8 Å². The van der Waals surface area contributed by atoms with Crippen LogP contribution < -0.4 is 14.8 Å². The highest BCUT2D eigenvalue weighted by molar-refractivity contribution is 9.10. The zero-order valence-electron chi connectivity index (χ0n) is 9.67. The van der Waals surface area contributed by atoms with Gasteiger partial charge in [-0.15, -0.1) is 0 Å². The summed E-state index contributed by atoms with van der Waals surface area (Å²) in [6.07, 6.45) is 4.87. The molecule has 0 aromatic heterocycles. The second-order valence-corrected chi connectivity index (χ2v) is 5.47. The van der Waals surface area contributed by atoms with Crippen LogP contribution in [0.4, 0.5) is 0 Å². The number of piperidine rings is 1. The number of nitrogens with one attached hydrogen (secondary N) is 1. The third-order valence-corrected chi connectivity index (χ3v) is 4.19. The molecule has 1 fully saturated rings. The van der Waals surface area contributed by atoms with E-state index in [1.54, 1.807) is 0 Å². The van der Waals surface area contributed by atoms with Crippen molar-refractivity contribution in [2.75, 3.05) is 13.3 Å². The van der Waals surface area contributed by atoms with Crippen molar-refractivity contribution in [2.45, 2.75) is 31.7 Å². The van der Waals surface area contributed by atoms with Gasteiger partial charge in [-0.25, -0.2) is 0 Å². The van der Waals surface area contributed by atoms with Crippen molar-refractivity contribution in [2.24, 2.45) is 0 Å². The Morgan fingerprint density at radius 1 is 1.29 bits per heavy atom. The highest BCUT2D eigenvalue weighted by atomic mass is 79.9. The Labute approximate surface area is 110 Å². The van der Waals surface area contributed by atoms with Crippen LogP contribution in [-0.2, 0) is 6.42 Å². The number of rotatable bonds is 2. The van der Waals surface area contributed by atoms with Crippen LogP contribution in [0, 0.1) is 0 Å². The number of fused-ring (bicyclic) bond motifs is 1. The Morgan fingerprint density at radius 2 is 2.24 bits per heavy atom. The molecule has 3 nitrogen and oxygen atoms in total. The Bertz CT molecular complexity index is 416. The molecule has 1 saturated heterocycles. The summed E-state index contributed by atoms with van der Waals surface area (Å²) < 4.78 is 12.1. The molecule has 0 amide bonds. The third-order valence-electron chi connectivity index (χ3n) is 3.45. The van der Waals surface area contributed by atoms with Crippen molar-refractivity contribution >= 4 is 15.9 Å². The molecule has 1 unspecified atom stereocenters. The minimum absolute atomic E-state index is 0.344. The number of benzene rings is 1. The van der Waals surface area contributed by atoms with Crippen molar-refractivity contribution in [1.82, 2.24) is 5.32 Å². The quantitative estimate of drug-likeness (QED) is 0.910. The predicted molar refractivity (Wildman–Crippen MR) is 69.6 cm³/mol. The first-order valence-corrected chi connectivity index (χ1v) is 6.94. The van der Waals surface area contributed by atoms with Gasteiger partial charge in [-0.3, -0.25) is 0 Å². The second-order valence-electron chi connectivity index (χ2n) is 4.61. The standard InChI is InChI=1S/C13H16BrNO2/c14-11-4-5-12-13(17-8-16-12)10(11)7-9-3-1-2-6-15-9/h4-5,9,15H,1-3,6-8H2. The molecule has 92 valence electrons. The predicted octanol–water partition coefficient (Wildman–Crippen LogP) is 2.86. The summed E-state index contributed by atoms with van der Waals surface area (Å²) in [5, 5.41) is 3.57. The van der Waals surface area contributed by atoms with Gasteiger partial charge in [-0.2, -0.15) is 0 Å². The third kappa shape index (κ3) is 2.29. The van der Waals surface area contributed by atoms with Crippen LogP contribution in [0.2, 0.25) is 0 Å². The number of hydrogen-bond donors (Lipinski definition) is 1. The first-order chi connectivity index (χ1) is 8.34. The molecule has 2 heterocycles. The van der Waals surface area contributed by atoms with Crippen LogP contribution in [0.25, 0.3) is 0 Å². The first-order valence-electron chi connectivity index (χ1n) is 6.15. The molecular formula is C13H16BrNO2. The number of halogens is 1. The van der Waals surface area contributed by atoms with E-state index in [1.807, 2.05) is 12.1 Å². The van der Waals surface area contributed by atoms with Crippen molar-refractivity contribution < 1.29 is 9.47 Å². The van der Waals surface area contributed by atoms with Gasteiger partial charge in [-0.1, -0.05) is 22.4 Å². The summed E-state index contributed by atoms with van der Waals surface area (Å²) in [6, 6.07) is 4.58. The van der Waals surface area contributed by atoms with Crippen LogP contribution >= 0.6 is 15.9 Å². The van der Waals surface area contributed by atoms with Crippen LogP contribution in [-0.4, -0.2) is 19.4 Å². The summed E-state index contributed by atoms with van der Waals surface area (Å²) in [5.41, 5.74) is 1.24. The normalized spacial score (nSPS) is 22.8. The van der Waals surface area contributed by atoms with Gasteiger partial charge in [0, 0.05) is 16.1 Å². The SMILES string of the molecule is Brc1ccc2c(c1CC1CCCCN1)OCO2. The lowest BCUT2D eigenvalue weighted by Gasteiger charge is -2.24. The molecule has 0 spiro atoms. The summed E-state index contributed by atoms with van der Waals surface area (Å²) in [5.74, 6) is 1.80. The molecule has 0 radical (unpaired) electrons. The summed E-state index contributed by atoms with van der Waals surface area (Å²) in [6.45, 7) is 1.48. The number of hydrogen-bond acceptors (Lipinski definition) is 3. The molecule has 2 aliphatic rings. The molecule has 4 heteroatoms. The summed E-state index contributed by atoms with van der Waals surface area (Å²) in [4.78, 5) is 0. The lowest BCUT2D eigenvalue weighted by atomic mass is 9.97. The van der Waals surface area contributed by atoms with Gasteiger partial charge in [0.1, 0.15) is 0 Å². The van der Waals surface area contributed by atoms with Gasteiger partial charge < -0.3 is 14.8 Å². The van der Waals surface area contributed by atoms with E-state index >= 15 is 0 Å². The van der Waals surface area contributed by atoms with Gasteiger partial charge in [-0.05, 0) is 37.9 Å². The molecule has 0 saturated carbocycles. The van der Waals surface area contributed by atoms with Gasteiger partial charge in [0.15, 0.2) is 11.5 Å². The molecule has 1 aromatic carbocycles. The van der Waals surface area contributed by atoms with E-state index in [0.29, 0.717) is 12.8 Å². The molecule has 0 aliphatic carbocycles. The largest absolute Gasteiger partial charge is 0.454 e. The molecule has 1 N–H and O–H groups in total. The molecule has 0 bridgehead atoms. The van der Waals surface area contributed by atoms with E-state index in [4.69, 9.17) is 9.47 Å². The average molecular weight is 298 g/mol. The van der Waals surface area contributed by atoms with Crippen molar-refractivity contribution in [3.63, 3.8) is 0 Å². The monoisotopic (exact) mass is 297 g/mol. The highest BCUT2D eigenvalue weighted by Crippen LogP contribution is 2.40. The fourth-order valence-electron chi connectivity index (χ4n) is 2.54. The summed E-state index contributed by atoms with van der Waals surface area (Å²) >= 11 is 3.61. The van der Waals surface area contributed by atoms with E-state index in [2.05, 4.69) is 21.2 Å². The topological polar surface area (TPSA) is 30.5 Å². The van der Waals surface area contributed by atoms with E-state index < -0.39 is 0 Å². The molecule has 17 heavy (non-hydrogen) atoms. The maximum absolute atomic E-state index is 5.57. The number of ether oxygens (including phenoxy) is 2. The fourth-order valence-corrected chi connectivity index (χ4v) is 3.01. The molecule has 2 aliphatic heterocycles. The van der Waals surface area contributed by atoms with E-state index in [1.165, 1.54) is 24.8 Å². The van der Waals surface area contributed by atoms with Gasteiger partial charge in [0.05, 0.1) is 0 Å². The van der Waals surface area contributed by atoms with Gasteiger partial charge in [0.2, 0.25) is 6.79 Å². The zero-order valence-corrected chi connectivity index (χ0v) is 11.3. The van der Waals surface area contributed by atoms with Crippen molar-refractivity contribution in [3.05, 3.63) is 22.2 Å². The second kappa shape index (κ2) is 4.86. The maximum atomic E-state index is 5.57. The molecule has 1 aromatic rings.